The molecule has 0 fully saturated rings. The highest BCUT2D eigenvalue weighted by Crippen LogP contribution is 2.15. The summed E-state index contributed by atoms with van der Waals surface area (Å²) in [5.41, 5.74) is 3.19. The zero-order chi connectivity index (χ0) is 11.2. The molecule has 3 nitrogen and oxygen atoms in total. The molecule has 0 amide bonds. The second-order valence-corrected chi connectivity index (χ2v) is 4.60. The molecule has 1 atom stereocenters. The van der Waals surface area contributed by atoms with E-state index in [2.05, 4.69) is 34.3 Å². The summed E-state index contributed by atoms with van der Waals surface area (Å²) in [6.45, 7) is 3.14. The lowest BCUT2D eigenvalue weighted by atomic mass is 10.2. The van der Waals surface area contributed by atoms with Gasteiger partial charge in [-0.05, 0) is 37.6 Å². The van der Waals surface area contributed by atoms with Gasteiger partial charge in [-0.25, -0.2) is 0 Å². The van der Waals surface area contributed by atoms with Crippen LogP contribution < -0.4 is 5.32 Å². The van der Waals surface area contributed by atoms with Gasteiger partial charge in [0.25, 0.3) is 0 Å². The maximum Gasteiger partial charge on any atom is 0.0794 e. The van der Waals surface area contributed by atoms with E-state index in [1.165, 1.54) is 10.4 Å². The third-order valence-corrected chi connectivity index (χ3v) is 3.45. The van der Waals surface area contributed by atoms with E-state index in [1.807, 2.05) is 24.1 Å². The Morgan fingerprint density at radius 2 is 2.12 bits per heavy atom. The van der Waals surface area contributed by atoms with Crippen molar-refractivity contribution < 1.29 is 0 Å². The van der Waals surface area contributed by atoms with Crippen molar-refractivity contribution in [3.8, 4) is 0 Å². The number of aromatic nitrogens is 2. The third kappa shape index (κ3) is 3.12. The summed E-state index contributed by atoms with van der Waals surface area (Å²) >= 11 is 1.69. The predicted molar refractivity (Wildman–Crippen MR) is 66.5 cm³/mol. The number of rotatable bonds is 5. The zero-order valence-corrected chi connectivity index (χ0v) is 10.1. The molecule has 0 radical (unpaired) electrons. The largest absolute Gasteiger partial charge is 0.309 e. The van der Waals surface area contributed by atoms with E-state index in [1.54, 1.807) is 11.3 Å². The quantitative estimate of drug-likeness (QED) is 0.862. The molecule has 1 unspecified atom stereocenters. The first kappa shape index (κ1) is 11.2. The van der Waals surface area contributed by atoms with Crippen LogP contribution in [0.3, 0.4) is 0 Å². The van der Waals surface area contributed by atoms with Crippen molar-refractivity contribution >= 4 is 11.3 Å². The molecule has 4 heteroatoms. The topological polar surface area (TPSA) is 37.8 Å². The van der Waals surface area contributed by atoms with Crippen LogP contribution in [0.15, 0.2) is 36.2 Å². The molecule has 1 N–H and O–H groups in total. The summed E-state index contributed by atoms with van der Waals surface area (Å²) in [6, 6.07) is 4.49. The van der Waals surface area contributed by atoms with Gasteiger partial charge in [-0.1, -0.05) is 0 Å². The van der Waals surface area contributed by atoms with E-state index in [0.717, 1.165) is 13.0 Å². The van der Waals surface area contributed by atoms with Gasteiger partial charge in [0.15, 0.2) is 0 Å². The van der Waals surface area contributed by atoms with Crippen molar-refractivity contribution in [2.24, 2.45) is 0 Å². The van der Waals surface area contributed by atoms with E-state index in [9.17, 15) is 0 Å². The van der Waals surface area contributed by atoms with Gasteiger partial charge in [0.1, 0.15) is 0 Å². The van der Waals surface area contributed by atoms with Gasteiger partial charge in [-0.15, -0.1) is 11.3 Å². The van der Waals surface area contributed by atoms with Gasteiger partial charge in [0.2, 0.25) is 0 Å². The van der Waals surface area contributed by atoms with E-state index < -0.39 is 0 Å². The van der Waals surface area contributed by atoms with Crippen LogP contribution in [0.2, 0.25) is 0 Å². The Morgan fingerprint density at radius 1 is 1.31 bits per heavy atom. The number of nitrogens with one attached hydrogen (secondary N) is 1. The average Bonchev–Trinajstić information content (AvgIpc) is 2.84. The molecule has 2 rings (SSSR count). The van der Waals surface area contributed by atoms with E-state index in [-0.39, 0.29) is 0 Å². The monoisotopic (exact) mass is 233 g/mol. The number of hydrogen-bond donors (Lipinski definition) is 1. The average molecular weight is 233 g/mol. The van der Waals surface area contributed by atoms with Gasteiger partial charge in [-0.3, -0.25) is 9.97 Å². The van der Waals surface area contributed by atoms with Gasteiger partial charge >= 0.3 is 0 Å². The number of thiazole rings is 1. The highest BCUT2D eigenvalue weighted by atomic mass is 32.1. The summed E-state index contributed by atoms with van der Waals surface area (Å²) < 4.78 is 0. The molecule has 0 saturated heterocycles. The van der Waals surface area contributed by atoms with Crippen LogP contribution in [0, 0.1) is 0 Å². The van der Waals surface area contributed by atoms with Crippen LogP contribution in [-0.4, -0.2) is 16.5 Å². The molecule has 2 aromatic heterocycles. The summed E-state index contributed by atoms with van der Waals surface area (Å²) in [4.78, 5) is 9.37. The van der Waals surface area contributed by atoms with E-state index >= 15 is 0 Å². The number of pyridine rings is 1. The van der Waals surface area contributed by atoms with Crippen molar-refractivity contribution in [2.75, 3.05) is 6.54 Å². The van der Waals surface area contributed by atoms with Crippen molar-refractivity contribution in [3.63, 3.8) is 0 Å². The summed E-state index contributed by atoms with van der Waals surface area (Å²) in [5, 5.41) is 3.48. The second kappa shape index (κ2) is 5.72. The Kier molecular flexibility index (Phi) is 4.02. The molecule has 0 aliphatic heterocycles. The minimum Gasteiger partial charge on any atom is -0.309 e. The standard InChI is InChI=1S/C12H15N3S/c1-10(12-8-14-9-16-12)15-7-4-11-2-5-13-6-3-11/h2-3,5-6,8-10,15H,4,7H2,1H3. The van der Waals surface area contributed by atoms with Crippen LogP contribution >= 0.6 is 11.3 Å². The van der Waals surface area contributed by atoms with Gasteiger partial charge in [0, 0.05) is 29.5 Å². The van der Waals surface area contributed by atoms with Crippen LogP contribution in [0.4, 0.5) is 0 Å². The Bertz CT molecular complexity index is 399. The molecule has 16 heavy (non-hydrogen) atoms. The smallest absolute Gasteiger partial charge is 0.0794 e. The molecule has 0 bridgehead atoms. The van der Waals surface area contributed by atoms with Gasteiger partial charge < -0.3 is 5.32 Å². The molecule has 0 aromatic carbocycles. The molecule has 0 spiro atoms. The highest BCUT2D eigenvalue weighted by molar-refractivity contribution is 7.09. The van der Waals surface area contributed by atoms with Crippen LogP contribution in [0.5, 0.6) is 0 Å². The predicted octanol–water partition coefficient (Wildman–Crippen LogP) is 2.43. The third-order valence-electron chi connectivity index (χ3n) is 2.49. The maximum absolute atomic E-state index is 4.08. The second-order valence-electron chi connectivity index (χ2n) is 3.69. The molecule has 0 aliphatic carbocycles. The normalized spacial score (nSPS) is 12.6. The molecular formula is C12H15N3S. The van der Waals surface area contributed by atoms with E-state index in [0.29, 0.717) is 6.04 Å². The van der Waals surface area contributed by atoms with Gasteiger partial charge in [0.05, 0.1) is 5.51 Å². The van der Waals surface area contributed by atoms with Crippen molar-refractivity contribution in [3.05, 3.63) is 46.7 Å². The Balaban J connectivity index is 1.76. The molecular weight excluding hydrogens is 218 g/mol. The van der Waals surface area contributed by atoms with Crippen molar-refractivity contribution in [2.45, 2.75) is 19.4 Å². The van der Waals surface area contributed by atoms with Crippen molar-refractivity contribution in [1.82, 2.24) is 15.3 Å². The number of hydrogen-bond acceptors (Lipinski definition) is 4. The van der Waals surface area contributed by atoms with E-state index in [4.69, 9.17) is 0 Å². The SMILES string of the molecule is CC(NCCc1ccncc1)c1cncs1. The fourth-order valence-corrected chi connectivity index (χ4v) is 2.18. The first-order chi connectivity index (χ1) is 7.86. The molecule has 2 aromatic rings. The first-order valence-corrected chi connectivity index (χ1v) is 6.25. The summed E-state index contributed by atoms with van der Waals surface area (Å²) in [6.07, 6.45) is 6.63. The summed E-state index contributed by atoms with van der Waals surface area (Å²) in [7, 11) is 0. The Labute approximate surface area is 99.6 Å². The highest BCUT2D eigenvalue weighted by Gasteiger charge is 2.05. The Morgan fingerprint density at radius 3 is 2.81 bits per heavy atom. The number of nitrogens with zero attached hydrogens (tertiary/aromatic N) is 2. The van der Waals surface area contributed by atoms with Crippen LogP contribution in [-0.2, 0) is 6.42 Å². The fraction of sp³-hybridized carbons (Fsp3) is 0.333. The summed E-state index contributed by atoms with van der Waals surface area (Å²) in [5.74, 6) is 0. The molecule has 0 saturated carbocycles. The molecule has 84 valence electrons. The Hall–Kier alpha value is -1.26. The molecule has 0 aliphatic rings. The van der Waals surface area contributed by atoms with Crippen LogP contribution in [0.1, 0.15) is 23.4 Å². The van der Waals surface area contributed by atoms with Crippen LogP contribution in [0.25, 0.3) is 0 Å². The lowest BCUT2D eigenvalue weighted by Gasteiger charge is -2.11. The lowest BCUT2D eigenvalue weighted by Crippen LogP contribution is -2.20. The first-order valence-electron chi connectivity index (χ1n) is 5.37. The van der Waals surface area contributed by atoms with Gasteiger partial charge in [-0.2, -0.15) is 0 Å². The lowest BCUT2D eigenvalue weighted by molar-refractivity contribution is 0.584. The fourth-order valence-electron chi connectivity index (χ4n) is 1.52. The zero-order valence-electron chi connectivity index (χ0n) is 9.26. The van der Waals surface area contributed by atoms with Crippen molar-refractivity contribution in [1.29, 1.82) is 0 Å². The minimum atomic E-state index is 0.384. The minimum absolute atomic E-state index is 0.384. The molecule has 2 heterocycles. The maximum atomic E-state index is 4.08.